The Morgan fingerprint density at radius 2 is 2.37 bits per heavy atom. The monoisotopic (exact) mass is 268 g/mol. The molecule has 1 N–H and O–H groups in total. The molecule has 1 aliphatic heterocycles. The number of methoxy groups -OCH3 is 1. The Labute approximate surface area is 113 Å². The van der Waals surface area contributed by atoms with Gasteiger partial charge < -0.3 is 14.8 Å². The van der Waals surface area contributed by atoms with Crippen LogP contribution in [0.3, 0.4) is 0 Å². The molecule has 1 unspecified atom stereocenters. The second kappa shape index (κ2) is 6.84. The summed E-state index contributed by atoms with van der Waals surface area (Å²) in [4.78, 5) is 2.07. The van der Waals surface area contributed by atoms with Gasteiger partial charge in [0.05, 0.1) is 19.8 Å². The van der Waals surface area contributed by atoms with Crippen LogP contribution in [-0.4, -0.2) is 51.4 Å². The molecule has 1 fully saturated rings. The normalized spacial score (nSPS) is 19.7. The number of likely N-dealkylation sites (N-methyl/N-ethyl adjacent to an activating group) is 1. The van der Waals surface area contributed by atoms with Gasteiger partial charge in [-0.3, -0.25) is 4.90 Å². The van der Waals surface area contributed by atoms with E-state index in [-0.39, 0.29) is 11.9 Å². The molecule has 0 spiro atoms. The fourth-order valence-electron chi connectivity index (χ4n) is 2.22. The van der Waals surface area contributed by atoms with Gasteiger partial charge in [0.25, 0.3) is 0 Å². The van der Waals surface area contributed by atoms with Crippen molar-refractivity contribution < 1.29 is 13.9 Å². The van der Waals surface area contributed by atoms with Crippen LogP contribution in [0.2, 0.25) is 0 Å². The van der Waals surface area contributed by atoms with Crippen LogP contribution in [0.5, 0.6) is 5.75 Å². The van der Waals surface area contributed by atoms with Crippen LogP contribution in [0.25, 0.3) is 0 Å². The summed E-state index contributed by atoms with van der Waals surface area (Å²) in [6, 6.07) is 4.97. The van der Waals surface area contributed by atoms with Crippen molar-refractivity contribution >= 4 is 0 Å². The molecule has 0 amide bonds. The molecular weight excluding hydrogens is 247 g/mol. The number of hydrogen-bond donors (Lipinski definition) is 1. The maximum Gasteiger partial charge on any atom is 0.131 e. The lowest BCUT2D eigenvalue weighted by Gasteiger charge is -2.28. The smallest absolute Gasteiger partial charge is 0.131 e. The number of hydrogen-bond acceptors (Lipinski definition) is 4. The molecule has 106 valence electrons. The minimum absolute atomic E-state index is 0.181. The maximum absolute atomic E-state index is 13.8. The van der Waals surface area contributed by atoms with Crippen molar-refractivity contribution in [2.24, 2.45) is 0 Å². The van der Waals surface area contributed by atoms with Crippen LogP contribution < -0.4 is 10.1 Å². The van der Waals surface area contributed by atoms with Crippen LogP contribution in [0, 0.1) is 5.82 Å². The lowest BCUT2D eigenvalue weighted by Crippen LogP contribution is -2.44. The largest absolute Gasteiger partial charge is 0.497 e. The van der Waals surface area contributed by atoms with E-state index in [2.05, 4.69) is 10.2 Å². The van der Waals surface area contributed by atoms with E-state index in [1.807, 2.05) is 7.05 Å². The van der Waals surface area contributed by atoms with Crippen molar-refractivity contribution in [3.05, 3.63) is 29.6 Å². The van der Waals surface area contributed by atoms with Crippen molar-refractivity contribution in [2.45, 2.75) is 12.6 Å². The van der Waals surface area contributed by atoms with Gasteiger partial charge in [0, 0.05) is 37.8 Å². The molecule has 1 saturated heterocycles. The van der Waals surface area contributed by atoms with Crippen LogP contribution in [0.1, 0.15) is 5.56 Å². The summed E-state index contributed by atoms with van der Waals surface area (Å²) >= 11 is 0. The van der Waals surface area contributed by atoms with Crippen LogP contribution in [-0.2, 0) is 11.3 Å². The summed E-state index contributed by atoms with van der Waals surface area (Å²) in [6.45, 7) is 3.87. The zero-order chi connectivity index (χ0) is 13.7. The molecule has 5 heteroatoms. The van der Waals surface area contributed by atoms with Crippen LogP contribution in [0.4, 0.5) is 4.39 Å². The van der Waals surface area contributed by atoms with Gasteiger partial charge in [0.15, 0.2) is 0 Å². The van der Waals surface area contributed by atoms with Crippen molar-refractivity contribution in [3.63, 3.8) is 0 Å². The Kier molecular flexibility index (Phi) is 5.13. The standard InChI is InChI=1S/C14H21FN2O2/c1-17(10-13-8-16-5-6-19-13)9-11-3-4-12(18-2)7-14(11)15/h3-4,7,13,16H,5-6,8-10H2,1-2H3. The number of halogens is 1. The fraction of sp³-hybridized carbons (Fsp3) is 0.571. The third-order valence-corrected chi connectivity index (χ3v) is 3.22. The van der Waals surface area contributed by atoms with Crippen LogP contribution in [0.15, 0.2) is 18.2 Å². The summed E-state index contributed by atoms with van der Waals surface area (Å²) < 4.78 is 24.5. The first-order valence-electron chi connectivity index (χ1n) is 6.52. The topological polar surface area (TPSA) is 33.7 Å². The van der Waals surface area contributed by atoms with Gasteiger partial charge in [0.1, 0.15) is 11.6 Å². The van der Waals surface area contributed by atoms with E-state index in [0.29, 0.717) is 17.9 Å². The molecule has 1 aliphatic rings. The van der Waals surface area contributed by atoms with Gasteiger partial charge in [-0.1, -0.05) is 6.07 Å². The van der Waals surface area contributed by atoms with E-state index in [1.165, 1.54) is 13.2 Å². The number of rotatable bonds is 5. The fourth-order valence-corrected chi connectivity index (χ4v) is 2.22. The molecule has 0 aliphatic carbocycles. The second-order valence-electron chi connectivity index (χ2n) is 4.85. The quantitative estimate of drug-likeness (QED) is 0.871. The minimum Gasteiger partial charge on any atom is -0.497 e. The number of ether oxygens (including phenoxy) is 2. The number of benzene rings is 1. The first-order valence-corrected chi connectivity index (χ1v) is 6.52. The van der Waals surface area contributed by atoms with Gasteiger partial charge in [-0.15, -0.1) is 0 Å². The van der Waals surface area contributed by atoms with E-state index in [4.69, 9.17) is 9.47 Å². The third kappa shape index (κ3) is 4.16. The Bertz CT molecular complexity index is 408. The highest BCUT2D eigenvalue weighted by Gasteiger charge is 2.16. The minimum atomic E-state index is -0.228. The van der Waals surface area contributed by atoms with Gasteiger partial charge in [0.2, 0.25) is 0 Å². The van der Waals surface area contributed by atoms with E-state index in [0.717, 1.165) is 26.2 Å². The van der Waals surface area contributed by atoms with Gasteiger partial charge in [-0.05, 0) is 13.1 Å². The molecule has 1 heterocycles. The Morgan fingerprint density at radius 1 is 1.53 bits per heavy atom. The summed E-state index contributed by atoms with van der Waals surface area (Å²) in [7, 11) is 3.51. The molecule has 1 aromatic rings. The first-order chi connectivity index (χ1) is 9.19. The predicted molar refractivity (Wildman–Crippen MR) is 71.9 cm³/mol. The van der Waals surface area contributed by atoms with Crippen molar-refractivity contribution in [1.82, 2.24) is 10.2 Å². The first kappa shape index (κ1) is 14.2. The molecular formula is C14H21FN2O2. The number of nitrogens with one attached hydrogen (secondary N) is 1. The lowest BCUT2D eigenvalue weighted by molar-refractivity contribution is 0.00870. The molecule has 0 saturated carbocycles. The zero-order valence-electron chi connectivity index (χ0n) is 11.5. The summed E-state index contributed by atoms with van der Waals surface area (Å²) in [6.07, 6.45) is 0.181. The lowest BCUT2D eigenvalue weighted by atomic mass is 10.2. The predicted octanol–water partition coefficient (Wildman–Crippen LogP) is 1.25. The van der Waals surface area contributed by atoms with E-state index in [9.17, 15) is 4.39 Å². The Balaban J connectivity index is 1.88. The molecule has 0 radical (unpaired) electrons. The Hall–Kier alpha value is -1.17. The van der Waals surface area contributed by atoms with Gasteiger partial charge >= 0.3 is 0 Å². The second-order valence-corrected chi connectivity index (χ2v) is 4.85. The highest BCUT2D eigenvalue weighted by molar-refractivity contribution is 5.28. The zero-order valence-corrected chi connectivity index (χ0v) is 11.5. The van der Waals surface area contributed by atoms with E-state index in [1.54, 1.807) is 12.1 Å². The third-order valence-electron chi connectivity index (χ3n) is 3.22. The molecule has 4 nitrogen and oxygen atoms in total. The summed E-state index contributed by atoms with van der Waals surface area (Å²) in [5.41, 5.74) is 0.673. The van der Waals surface area contributed by atoms with Crippen molar-refractivity contribution in [1.29, 1.82) is 0 Å². The van der Waals surface area contributed by atoms with E-state index < -0.39 is 0 Å². The summed E-state index contributed by atoms with van der Waals surface area (Å²) in [5, 5.41) is 3.29. The number of nitrogens with zero attached hydrogens (tertiary/aromatic N) is 1. The number of morpholine rings is 1. The Morgan fingerprint density at radius 3 is 3.00 bits per heavy atom. The van der Waals surface area contributed by atoms with E-state index >= 15 is 0 Å². The summed E-state index contributed by atoms with van der Waals surface area (Å²) in [5.74, 6) is 0.317. The van der Waals surface area contributed by atoms with Crippen molar-refractivity contribution in [3.8, 4) is 5.75 Å². The molecule has 0 aromatic heterocycles. The average molecular weight is 268 g/mol. The molecule has 0 bridgehead atoms. The molecule has 1 aromatic carbocycles. The highest BCUT2D eigenvalue weighted by Crippen LogP contribution is 2.17. The molecule has 19 heavy (non-hydrogen) atoms. The van der Waals surface area contributed by atoms with Crippen LogP contribution >= 0.6 is 0 Å². The molecule has 2 rings (SSSR count). The molecule has 1 atom stereocenters. The van der Waals surface area contributed by atoms with Crippen molar-refractivity contribution in [2.75, 3.05) is 40.4 Å². The highest BCUT2D eigenvalue weighted by atomic mass is 19.1. The average Bonchev–Trinajstić information content (AvgIpc) is 2.42. The van der Waals surface area contributed by atoms with Gasteiger partial charge in [-0.25, -0.2) is 4.39 Å². The van der Waals surface area contributed by atoms with Gasteiger partial charge in [-0.2, -0.15) is 0 Å². The maximum atomic E-state index is 13.8. The SMILES string of the molecule is COc1ccc(CN(C)CC2CNCCO2)c(F)c1.